The van der Waals surface area contributed by atoms with E-state index < -0.39 is 0 Å². The number of likely N-dealkylation sites (tertiary alicyclic amines) is 1. The lowest BCUT2D eigenvalue weighted by Gasteiger charge is -2.35. The van der Waals surface area contributed by atoms with Crippen LogP contribution in [0.1, 0.15) is 57.4 Å². The number of carbonyl (C=O) groups excluding carboxylic acids is 2. The van der Waals surface area contributed by atoms with Crippen molar-refractivity contribution in [2.45, 2.75) is 52.4 Å². The largest absolute Gasteiger partial charge is 0.342 e. The molecule has 0 unspecified atom stereocenters. The van der Waals surface area contributed by atoms with E-state index in [1.807, 2.05) is 25.7 Å². The van der Waals surface area contributed by atoms with Gasteiger partial charge in [-0.05, 0) is 25.7 Å². The van der Waals surface area contributed by atoms with E-state index in [0.717, 1.165) is 5.01 Å². The minimum absolute atomic E-state index is 0.00588. The molecule has 1 aliphatic carbocycles. The lowest BCUT2D eigenvalue weighted by atomic mass is 9.91. The van der Waals surface area contributed by atoms with Gasteiger partial charge in [-0.1, -0.05) is 32.1 Å². The maximum Gasteiger partial charge on any atom is 0.229 e. The normalized spacial score (nSPS) is 19.7. The van der Waals surface area contributed by atoms with Crippen LogP contribution in [0.25, 0.3) is 0 Å². The van der Waals surface area contributed by atoms with Crippen molar-refractivity contribution in [2.75, 3.05) is 18.4 Å². The number of piperidine rings is 1. The van der Waals surface area contributed by atoms with E-state index in [1.54, 1.807) is 0 Å². The number of hydrogen-bond acceptors (Lipinski definition) is 5. The second-order valence-corrected chi connectivity index (χ2v) is 8.53. The van der Waals surface area contributed by atoms with Gasteiger partial charge in [-0.15, -0.1) is 10.2 Å². The number of amides is 2. The van der Waals surface area contributed by atoms with Gasteiger partial charge in [0.2, 0.25) is 16.9 Å². The summed E-state index contributed by atoms with van der Waals surface area (Å²) in [4.78, 5) is 26.5. The molecule has 6 nitrogen and oxygen atoms in total. The summed E-state index contributed by atoms with van der Waals surface area (Å²) in [6.45, 7) is 7.10. The van der Waals surface area contributed by atoms with Gasteiger partial charge in [0.05, 0.1) is 0 Å². The maximum absolute atomic E-state index is 12.4. The highest BCUT2D eigenvalue weighted by Crippen LogP contribution is 2.42. The predicted molar refractivity (Wildman–Crippen MR) is 89.3 cm³/mol. The van der Waals surface area contributed by atoms with Crippen molar-refractivity contribution < 1.29 is 9.59 Å². The highest BCUT2D eigenvalue weighted by atomic mass is 32.1. The summed E-state index contributed by atoms with van der Waals surface area (Å²) < 4.78 is 0. The van der Waals surface area contributed by atoms with Gasteiger partial charge in [-0.25, -0.2) is 0 Å². The van der Waals surface area contributed by atoms with Gasteiger partial charge in [-0.3, -0.25) is 9.59 Å². The van der Waals surface area contributed by atoms with Crippen molar-refractivity contribution in [3.05, 3.63) is 5.01 Å². The molecule has 126 valence electrons. The molecule has 0 bridgehead atoms. The van der Waals surface area contributed by atoms with E-state index in [1.165, 1.54) is 24.2 Å². The number of carbonyl (C=O) groups is 2. The molecule has 1 saturated carbocycles. The van der Waals surface area contributed by atoms with Crippen LogP contribution in [0.15, 0.2) is 0 Å². The molecule has 0 spiro atoms. The molecule has 2 heterocycles. The fourth-order valence-corrected chi connectivity index (χ4v) is 3.72. The van der Waals surface area contributed by atoms with Crippen molar-refractivity contribution in [3.8, 4) is 0 Å². The quantitative estimate of drug-likeness (QED) is 0.921. The monoisotopic (exact) mass is 336 g/mol. The van der Waals surface area contributed by atoms with Crippen LogP contribution in [0.2, 0.25) is 0 Å². The van der Waals surface area contributed by atoms with Crippen molar-refractivity contribution >= 4 is 28.3 Å². The predicted octanol–water partition coefficient (Wildman–Crippen LogP) is 2.64. The van der Waals surface area contributed by atoms with Gasteiger partial charge in [-0.2, -0.15) is 0 Å². The lowest BCUT2D eigenvalue weighted by molar-refractivity contribution is -0.142. The molecule has 23 heavy (non-hydrogen) atoms. The van der Waals surface area contributed by atoms with Gasteiger partial charge in [0, 0.05) is 30.3 Å². The number of rotatable bonds is 3. The van der Waals surface area contributed by atoms with Crippen LogP contribution in [0.3, 0.4) is 0 Å². The number of anilines is 1. The summed E-state index contributed by atoms with van der Waals surface area (Å²) in [6.07, 6.45) is 3.79. The second-order valence-electron chi connectivity index (χ2n) is 7.53. The van der Waals surface area contributed by atoms with Gasteiger partial charge < -0.3 is 10.2 Å². The lowest BCUT2D eigenvalue weighted by Crippen LogP contribution is -2.45. The summed E-state index contributed by atoms with van der Waals surface area (Å²) in [6, 6.07) is 0. The van der Waals surface area contributed by atoms with Crippen LogP contribution in [-0.4, -0.2) is 40.0 Å². The number of aromatic nitrogens is 2. The molecule has 2 amide bonds. The van der Waals surface area contributed by atoms with E-state index in [9.17, 15) is 9.59 Å². The number of nitrogens with zero attached hydrogens (tertiary/aromatic N) is 3. The van der Waals surface area contributed by atoms with Gasteiger partial charge in [0.15, 0.2) is 0 Å². The van der Waals surface area contributed by atoms with Gasteiger partial charge in [0.1, 0.15) is 5.01 Å². The molecule has 1 N–H and O–H groups in total. The molecule has 1 aliphatic heterocycles. The molecule has 1 aromatic rings. The topological polar surface area (TPSA) is 75.2 Å². The molecule has 2 aliphatic rings. The molecule has 0 atom stereocenters. The second kappa shape index (κ2) is 6.19. The van der Waals surface area contributed by atoms with Crippen LogP contribution in [0.5, 0.6) is 0 Å². The van der Waals surface area contributed by atoms with Crippen LogP contribution in [-0.2, 0) is 9.59 Å². The average molecular weight is 336 g/mol. The minimum Gasteiger partial charge on any atom is -0.342 e. The zero-order valence-corrected chi connectivity index (χ0v) is 14.8. The first-order chi connectivity index (χ1) is 10.8. The van der Waals surface area contributed by atoms with Crippen molar-refractivity contribution in [3.63, 3.8) is 0 Å². The maximum atomic E-state index is 12.4. The third-order valence-electron chi connectivity index (χ3n) is 4.39. The summed E-state index contributed by atoms with van der Waals surface area (Å²) in [5, 5.41) is 12.7. The molecular formula is C16H24N4O2S. The summed E-state index contributed by atoms with van der Waals surface area (Å²) in [5.74, 6) is 0.679. The Balaban J connectivity index is 1.50. The highest BCUT2D eigenvalue weighted by molar-refractivity contribution is 7.15. The standard InChI is InChI=1S/C16H24N4O2S/c1-16(2,3)14(22)20-8-6-10(7-9-20)12(21)17-15-19-18-13(23-15)11-4-5-11/h10-11H,4-9H2,1-3H3,(H,17,19,21). The molecule has 0 aromatic carbocycles. The average Bonchev–Trinajstić information content (AvgIpc) is 3.26. The van der Waals surface area contributed by atoms with Crippen molar-refractivity contribution in [1.29, 1.82) is 0 Å². The van der Waals surface area contributed by atoms with Gasteiger partial charge >= 0.3 is 0 Å². The smallest absolute Gasteiger partial charge is 0.229 e. The molecule has 2 fully saturated rings. The van der Waals surface area contributed by atoms with Crippen molar-refractivity contribution in [1.82, 2.24) is 15.1 Å². The Morgan fingerprint density at radius 2 is 1.78 bits per heavy atom. The molecule has 0 radical (unpaired) electrons. The Labute approximate surface area is 140 Å². The van der Waals surface area contributed by atoms with Gasteiger partial charge in [0.25, 0.3) is 0 Å². The van der Waals surface area contributed by atoms with E-state index in [4.69, 9.17) is 0 Å². The highest BCUT2D eigenvalue weighted by Gasteiger charge is 2.33. The van der Waals surface area contributed by atoms with Crippen LogP contribution < -0.4 is 5.32 Å². The van der Waals surface area contributed by atoms with E-state index in [-0.39, 0.29) is 23.1 Å². The third-order valence-corrected chi connectivity index (χ3v) is 5.39. The van der Waals surface area contributed by atoms with Crippen molar-refractivity contribution in [2.24, 2.45) is 11.3 Å². The Kier molecular flexibility index (Phi) is 4.40. The zero-order chi connectivity index (χ0) is 16.6. The van der Waals surface area contributed by atoms with E-state index >= 15 is 0 Å². The fourth-order valence-electron chi connectivity index (χ4n) is 2.81. The molecule has 1 saturated heterocycles. The van der Waals surface area contributed by atoms with Crippen LogP contribution in [0, 0.1) is 11.3 Å². The fraction of sp³-hybridized carbons (Fsp3) is 0.750. The Bertz CT molecular complexity index is 595. The summed E-state index contributed by atoms with van der Waals surface area (Å²) in [5.41, 5.74) is -0.360. The Morgan fingerprint density at radius 3 is 2.35 bits per heavy atom. The third kappa shape index (κ3) is 3.88. The Morgan fingerprint density at radius 1 is 1.13 bits per heavy atom. The first kappa shape index (κ1) is 16.4. The van der Waals surface area contributed by atoms with E-state index in [2.05, 4.69) is 15.5 Å². The minimum atomic E-state index is -0.360. The first-order valence-corrected chi connectivity index (χ1v) is 9.10. The van der Waals surface area contributed by atoms with E-state index in [0.29, 0.717) is 37.0 Å². The molecular weight excluding hydrogens is 312 g/mol. The molecule has 1 aromatic heterocycles. The first-order valence-electron chi connectivity index (χ1n) is 8.28. The number of hydrogen-bond donors (Lipinski definition) is 1. The SMILES string of the molecule is CC(C)(C)C(=O)N1CCC(C(=O)Nc2nnc(C3CC3)s2)CC1. The summed E-state index contributed by atoms with van der Waals surface area (Å²) in [7, 11) is 0. The molecule has 7 heteroatoms. The number of nitrogens with one attached hydrogen (secondary N) is 1. The van der Waals surface area contributed by atoms with Crippen LogP contribution >= 0.6 is 11.3 Å². The zero-order valence-electron chi connectivity index (χ0n) is 14.0. The van der Waals surface area contributed by atoms with Crippen LogP contribution in [0.4, 0.5) is 5.13 Å². The summed E-state index contributed by atoms with van der Waals surface area (Å²) >= 11 is 1.49. The molecule has 3 rings (SSSR count). The Hall–Kier alpha value is -1.50.